The van der Waals surface area contributed by atoms with E-state index in [4.69, 9.17) is 0 Å². The molecule has 0 bridgehead atoms. The molecule has 78 valence electrons. The van der Waals surface area contributed by atoms with E-state index in [1.165, 1.54) is 12.1 Å². The summed E-state index contributed by atoms with van der Waals surface area (Å²) in [4.78, 5) is 13.5. The molecule has 0 aliphatic carbocycles. The van der Waals surface area contributed by atoms with Crippen molar-refractivity contribution in [3.8, 4) is 0 Å². The maximum absolute atomic E-state index is 12.5. The number of hydrogen-bond donors (Lipinski definition) is 0. The van der Waals surface area contributed by atoms with Crippen LogP contribution < -0.4 is 0 Å². The van der Waals surface area contributed by atoms with Gasteiger partial charge >= 0.3 is 0 Å². The lowest BCUT2D eigenvalue weighted by atomic mass is 10.1. The Balaban J connectivity index is 2.48. The molecule has 1 heterocycles. The highest BCUT2D eigenvalue weighted by Gasteiger charge is 2.25. The molecule has 0 N–H and O–H groups in total. The number of fused-ring (bicyclic) bond motifs is 1. The molecule has 0 radical (unpaired) electrons. The maximum atomic E-state index is 12.5. The van der Waals surface area contributed by atoms with Gasteiger partial charge in [-0.3, -0.25) is 15.1 Å². The zero-order chi connectivity index (χ0) is 11.0. The third kappa shape index (κ3) is 1.58. The van der Waals surface area contributed by atoms with Crippen LogP contribution >= 0.6 is 0 Å². The summed E-state index contributed by atoms with van der Waals surface area (Å²) < 4.78 is 24.9. The van der Waals surface area contributed by atoms with Crippen LogP contribution in [0.5, 0.6) is 0 Å². The molecule has 15 heavy (non-hydrogen) atoms. The van der Waals surface area contributed by atoms with E-state index >= 15 is 0 Å². The van der Waals surface area contributed by atoms with E-state index in [1.807, 2.05) is 0 Å². The maximum Gasteiger partial charge on any atom is 0.280 e. The smallest absolute Gasteiger partial charge is 0.278 e. The Morgan fingerprint density at radius 1 is 1.47 bits per heavy atom. The summed E-state index contributed by atoms with van der Waals surface area (Å²) in [6, 6.07) is 3.91. The van der Waals surface area contributed by atoms with Crippen LogP contribution in [-0.4, -0.2) is 17.1 Å². The summed E-state index contributed by atoms with van der Waals surface area (Å²) in [5.74, 6) is 0. The molecular weight excluding hydrogens is 206 g/mol. The lowest BCUT2D eigenvalue weighted by Gasteiger charge is -2.01. The highest BCUT2D eigenvalue weighted by Crippen LogP contribution is 2.26. The van der Waals surface area contributed by atoms with Crippen molar-refractivity contribution < 1.29 is 13.7 Å². The number of halogens is 2. The number of nitro benzene ring substituents is 1. The van der Waals surface area contributed by atoms with Gasteiger partial charge in [-0.25, -0.2) is 8.78 Å². The Kier molecular flexibility index (Phi) is 2.18. The van der Waals surface area contributed by atoms with Crippen molar-refractivity contribution >= 4 is 11.4 Å². The minimum atomic E-state index is -2.69. The Labute approximate surface area is 83.4 Å². The fourth-order valence-corrected chi connectivity index (χ4v) is 1.50. The second kappa shape index (κ2) is 3.38. The monoisotopic (exact) mass is 212 g/mol. The lowest BCUT2D eigenvalue weighted by Crippen LogP contribution is -2.09. The van der Waals surface area contributed by atoms with Crippen LogP contribution in [-0.2, 0) is 6.54 Å². The van der Waals surface area contributed by atoms with E-state index in [1.54, 1.807) is 0 Å². The molecule has 6 heteroatoms. The number of alkyl halides is 2. The molecule has 0 aromatic heterocycles. The van der Waals surface area contributed by atoms with Crippen LogP contribution in [0.25, 0.3) is 0 Å². The molecule has 0 saturated carbocycles. The summed E-state index contributed by atoms with van der Waals surface area (Å²) in [6.07, 6.45) is -2.69. The van der Waals surface area contributed by atoms with E-state index in [-0.39, 0.29) is 23.5 Å². The molecule has 1 aromatic rings. The summed E-state index contributed by atoms with van der Waals surface area (Å²) in [5.41, 5.74) is 0.257. The Hall–Kier alpha value is -1.85. The molecular formula is C9H6F2N2O2. The van der Waals surface area contributed by atoms with Gasteiger partial charge in [-0.05, 0) is 11.6 Å². The van der Waals surface area contributed by atoms with Crippen LogP contribution in [0.2, 0.25) is 0 Å². The number of aliphatic imine (C=N–C) groups is 1. The van der Waals surface area contributed by atoms with Crippen LogP contribution in [0.4, 0.5) is 14.5 Å². The van der Waals surface area contributed by atoms with Crippen LogP contribution in [0.1, 0.15) is 11.1 Å². The van der Waals surface area contributed by atoms with E-state index in [9.17, 15) is 18.9 Å². The Bertz CT molecular complexity index is 457. The Morgan fingerprint density at radius 3 is 2.80 bits per heavy atom. The van der Waals surface area contributed by atoms with Gasteiger partial charge in [0.1, 0.15) is 5.71 Å². The molecule has 1 aromatic carbocycles. The van der Waals surface area contributed by atoms with Crippen molar-refractivity contribution in [2.75, 3.05) is 0 Å². The van der Waals surface area contributed by atoms with Gasteiger partial charge < -0.3 is 0 Å². The topological polar surface area (TPSA) is 55.5 Å². The number of nitrogens with zero attached hydrogens (tertiary/aromatic N) is 2. The van der Waals surface area contributed by atoms with Crippen LogP contribution in [0.15, 0.2) is 23.2 Å². The van der Waals surface area contributed by atoms with Gasteiger partial charge in [0.05, 0.1) is 11.5 Å². The lowest BCUT2D eigenvalue weighted by molar-refractivity contribution is -0.384. The molecule has 1 aliphatic rings. The fourth-order valence-electron chi connectivity index (χ4n) is 1.50. The first-order valence-corrected chi connectivity index (χ1v) is 4.20. The van der Waals surface area contributed by atoms with Gasteiger partial charge in [0, 0.05) is 17.7 Å². The summed E-state index contributed by atoms with van der Waals surface area (Å²) >= 11 is 0. The number of rotatable bonds is 2. The molecule has 0 amide bonds. The van der Waals surface area contributed by atoms with Crippen molar-refractivity contribution in [1.29, 1.82) is 0 Å². The van der Waals surface area contributed by atoms with Gasteiger partial charge in [0.2, 0.25) is 0 Å². The highest BCUT2D eigenvalue weighted by molar-refractivity contribution is 6.06. The SMILES string of the molecule is O=[N+]([O-])c1ccc2c(c1)C(C(F)F)=NC2. The Morgan fingerprint density at radius 2 is 2.20 bits per heavy atom. The van der Waals surface area contributed by atoms with Crippen LogP contribution in [0, 0.1) is 10.1 Å². The predicted molar refractivity (Wildman–Crippen MR) is 49.3 cm³/mol. The number of benzene rings is 1. The van der Waals surface area contributed by atoms with E-state index < -0.39 is 11.3 Å². The number of non-ortho nitro benzene ring substituents is 1. The van der Waals surface area contributed by atoms with Crippen molar-refractivity contribution in [3.63, 3.8) is 0 Å². The first kappa shape index (κ1) is 9.70. The highest BCUT2D eigenvalue weighted by atomic mass is 19.3. The molecule has 4 nitrogen and oxygen atoms in total. The second-order valence-electron chi connectivity index (χ2n) is 3.10. The summed E-state index contributed by atoms with van der Waals surface area (Å²) in [5, 5.41) is 10.5. The molecule has 0 unspecified atom stereocenters. The molecule has 0 fully saturated rings. The van der Waals surface area contributed by atoms with Gasteiger partial charge in [-0.1, -0.05) is 0 Å². The van der Waals surface area contributed by atoms with E-state index in [2.05, 4.69) is 4.99 Å². The second-order valence-corrected chi connectivity index (χ2v) is 3.10. The summed E-state index contributed by atoms with van der Waals surface area (Å²) in [7, 11) is 0. The van der Waals surface area contributed by atoms with Gasteiger partial charge in [-0.15, -0.1) is 0 Å². The quantitative estimate of drug-likeness (QED) is 0.557. The molecule has 0 spiro atoms. The molecule has 0 saturated heterocycles. The van der Waals surface area contributed by atoms with E-state index in [0.717, 1.165) is 6.07 Å². The molecule has 2 rings (SSSR count). The van der Waals surface area contributed by atoms with Crippen molar-refractivity contribution in [3.05, 3.63) is 39.4 Å². The predicted octanol–water partition coefficient (Wildman–Crippen LogP) is 2.16. The fraction of sp³-hybridized carbons (Fsp3) is 0.222. The molecule has 1 aliphatic heterocycles. The average Bonchev–Trinajstić information content (AvgIpc) is 2.59. The average molecular weight is 212 g/mol. The van der Waals surface area contributed by atoms with Crippen molar-refractivity contribution in [1.82, 2.24) is 0 Å². The van der Waals surface area contributed by atoms with Crippen molar-refractivity contribution in [2.24, 2.45) is 4.99 Å². The van der Waals surface area contributed by atoms with Gasteiger partial charge in [0.25, 0.3) is 12.1 Å². The van der Waals surface area contributed by atoms with Gasteiger partial charge in [-0.2, -0.15) is 0 Å². The van der Waals surface area contributed by atoms with E-state index in [0.29, 0.717) is 5.56 Å². The number of hydrogen-bond acceptors (Lipinski definition) is 3. The first-order valence-electron chi connectivity index (χ1n) is 4.20. The van der Waals surface area contributed by atoms with Gasteiger partial charge in [0.15, 0.2) is 0 Å². The molecule has 0 atom stereocenters. The minimum absolute atomic E-state index is 0.174. The first-order chi connectivity index (χ1) is 7.09. The summed E-state index contributed by atoms with van der Waals surface area (Å²) in [6.45, 7) is 0.174. The van der Waals surface area contributed by atoms with Crippen molar-refractivity contribution in [2.45, 2.75) is 13.0 Å². The third-order valence-electron chi connectivity index (χ3n) is 2.21. The standard InChI is InChI=1S/C9H6F2N2O2/c10-9(11)8-7-3-6(13(14)15)2-1-5(7)4-12-8/h1-3,9H,4H2. The number of nitro groups is 1. The zero-order valence-electron chi connectivity index (χ0n) is 7.48. The minimum Gasteiger partial charge on any atom is -0.278 e. The largest absolute Gasteiger partial charge is 0.280 e. The zero-order valence-corrected chi connectivity index (χ0v) is 7.48. The normalized spacial score (nSPS) is 13.9. The van der Waals surface area contributed by atoms with Crippen LogP contribution in [0.3, 0.4) is 0 Å². The third-order valence-corrected chi connectivity index (χ3v) is 2.21.